The number of cyclic esters (lactones) is 1. The zero-order valence-corrected chi connectivity index (χ0v) is 23.0. The third kappa shape index (κ3) is 5.94. The van der Waals surface area contributed by atoms with Crippen molar-refractivity contribution in [2.45, 2.75) is 13.5 Å². The summed E-state index contributed by atoms with van der Waals surface area (Å²) in [5.74, 6) is 0.474. The van der Waals surface area contributed by atoms with E-state index in [9.17, 15) is 4.79 Å². The maximum absolute atomic E-state index is 12.5. The van der Waals surface area contributed by atoms with Gasteiger partial charge in [0.05, 0.1) is 22.2 Å². The molecule has 1 heterocycles. The van der Waals surface area contributed by atoms with E-state index in [1.165, 1.54) is 0 Å². The second-order valence-electron chi connectivity index (χ2n) is 7.14. The lowest BCUT2D eigenvalue weighted by atomic mass is 10.1. The number of carbonyl (C=O) groups is 1. The van der Waals surface area contributed by atoms with Crippen LogP contribution in [0.25, 0.3) is 6.08 Å². The SMILES string of the molecule is CCOc1cc(/C=C2\N=C(c3cc(I)ccc3Cl)OC2=O)cc(Cl)c1OCc1cccc(Br)c1. The second-order valence-corrected chi connectivity index (χ2v) is 10.1. The highest BCUT2D eigenvalue weighted by Gasteiger charge is 2.26. The Bertz CT molecular complexity index is 1330. The van der Waals surface area contributed by atoms with Crippen LogP contribution in [-0.2, 0) is 16.1 Å². The highest BCUT2D eigenvalue weighted by atomic mass is 127. The number of benzene rings is 3. The van der Waals surface area contributed by atoms with E-state index in [-0.39, 0.29) is 11.6 Å². The van der Waals surface area contributed by atoms with Gasteiger partial charge < -0.3 is 14.2 Å². The van der Waals surface area contributed by atoms with Gasteiger partial charge in [-0.1, -0.05) is 51.3 Å². The Morgan fingerprint density at radius 3 is 2.68 bits per heavy atom. The fraction of sp³-hybridized carbons (Fsp3) is 0.120. The van der Waals surface area contributed by atoms with Crippen molar-refractivity contribution in [1.29, 1.82) is 0 Å². The molecular weight excluding hydrogens is 656 g/mol. The van der Waals surface area contributed by atoms with Crippen molar-refractivity contribution in [2.24, 2.45) is 4.99 Å². The zero-order chi connectivity index (χ0) is 24.2. The molecule has 1 aliphatic heterocycles. The van der Waals surface area contributed by atoms with Crippen LogP contribution < -0.4 is 9.47 Å². The molecule has 0 saturated heterocycles. The van der Waals surface area contributed by atoms with Gasteiger partial charge in [0.1, 0.15) is 6.61 Å². The number of hydrogen-bond donors (Lipinski definition) is 0. The molecule has 0 fully saturated rings. The molecule has 34 heavy (non-hydrogen) atoms. The standard InChI is InChI=1S/C25H17BrCl2INO4/c1-2-32-22-11-15(9-20(28)23(22)33-13-14-4-3-5-16(26)8-14)10-21-25(31)34-24(30-21)18-12-17(29)6-7-19(18)27/h3-12H,2,13H2,1H3/b21-10-. The first-order valence-corrected chi connectivity index (χ1v) is 12.8. The second kappa shape index (κ2) is 11.1. The van der Waals surface area contributed by atoms with Gasteiger partial charge in [-0.15, -0.1) is 0 Å². The number of hydrogen-bond acceptors (Lipinski definition) is 5. The minimum atomic E-state index is -0.575. The minimum Gasteiger partial charge on any atom is -0.490 e. The Morgan fingerprint density at radius 2 is 1.91 bits per heavy atom. The van der Waals surface area contributed by atoms with Crippen LogP contribution >= 0.6 is 61.7 Å². The Balaban J connectivity index is 1.63. The zero-order valence-electron chi connectivity index (χ0n) is 17.8. The number of halogens is 4. The first-order valence-electron chi connectivity index (χ1n) is 10.2. The van der Waals surface area contributed by atoms with Gasteiger partial charge in [0, 0.05) is 8.04 Å². The van der Waals surface area contributed by atoms with Crippen molar-refractivity contribution in [1.82, 2.24) is 0 Å². The van der Waals surface area contributed by atoms with Crippen molar-refractivity contribution >= 4 is 79.7 Å². The number of nitrogens with zero attached hydrogens (tertiary/aromatic N) is 1. The maximum Gasteiger partial charge on any atom is 0.363 e. The Kier molecular flexibility index (Phi) is 8.18. The predicted octanol–water partition coefficient (Wildman–Crippen LogP) is 7.68. The lowest BCUT2D eigenvalue weighted by Gasteiger charge is -2.14. The summed E-state index contributed by atoms with van der Waals surface area (Å²) >= 11 is 18.4. The van der Waals surface area contributed by atoms with E-state index in [2.05, 4.69) is 43.5 Å². The van der Waals surface area contributed by atoms with Gasteiger partial charge in [-0.05, 0) is 89.2 Å². The summed E-state index contributed by atoms with van der Waals surface area (Å²) in [6, 6.07) is 16.6. The van der Waals surface area contributed by atoms with Crippen LogP contribution in [0.1, 0.15) is 23.6 Å². The lowest BCUT2D eigenvalue weighted by Crippen LogP contribution is -2.06. The third-order valence-electron chi connectivity index (χ3n) is 4.69. The molecular formula is C25H17BrCl2INO4. The topological polar surface area (TPSA) is 57.1 Å². The van der Waals surface area contributed by atoms with Gasteiger partial charge in [0.25, 0.3) is 0 Å². The van der Waals surface area contributed by atoms with E-state index in [0.717, 1.165) is 13.6 Å². The van der Waals surface area contributed by atoms with Gasteiger partial charge in [-0.3, -0.25) is 0 Å². The first kappa shape index (κ1) is 25.0. The van der Waals surface area contributed by atoms with Crippen LogP contribution in [0, 0.1) is 3.57 Å². The van der Waals surface area contributed by atoms with Crippen LogP contribution in [0.3, 0.4) is 0 Å². The minimum absolute atomic E-state index is 0.131. The van der Waals surface area contributed by atoms with Crippen molar-refractivity contribution in [3.63, 3.8) is 0 Å². The number of rotatable bonds is 7. The monoisotopic (exact) mass is 671 g/mol. The maximum atomic E-state index is 12.5. The summed E-state index contributed by atoms with van der Waals surface area (Å²) in [6.45, 7) is 2.60. The van der Waals surface area contributed by atoms with Gasteiger partial charge >= 0.3 is 5.97 Å². The number of ether oxygens (including phenoxy) is 3. The molecule has 0 aliphatic carbocycles. The molecule has 0 bridgehead atoms. The number of carbonyl (C=O) groups excluding carboxylic acids is 1. The molecule has 0 spiro atoms. The summed E-state index contributed by atoms with van der Waals surface area (Å²) in [5, 5.41) is 0.797. The van der Waals surface area contributed by atoms with Crippen molar-refractivity contribution in [3.05, 3.63) is 95.1 Å². The van der Waals surface area contributed by atoms with Gasteiger partial charge in [-0.25, -0.2) is 9.79 Å². The summed E-state index contributed by atoms with van der Waals surface area (Å²) < 4.78 is 19.0. The van der Waals surface area contributed by atoms with Gasteiger partial charge in [0.15, 0.2) is 17.2 Å². The molecule has 0 unspecified atom stereocenters. The van der Waals surface area contributed by atoms with Crippen molar-refractivity contribution < 1.29 is 19.0 Å². The van der Waals surface area contributed by atoms with Gasteiger partial charge in [-0.2, -0.15) is 0 Å². The molecule has 9 heteroatoms. The number of esters is 1. The Morgan fingerprint density at radius 1 is 1.09 bits per heavy atom. The van der Waals surface area contributed by atoms with E-state index in [1.807, 2.05) is 37.3 Å². The molecule has 0 atom stereocenters. The fourth-order valence-electron chi connectivity index (χ4n) is 3.20. The van der Waals surface area contributed by atoms with E-state index >= 15 is 0 Å². The summed E-state index contributed by atoms with van der Waals surface area (Å²) in [7, 11) is 0. The Hall–Kier alpha value is -2.07. The summed E-state index contributed by atoms with van der Waals surface area (Å²) in [4.78, 5) is 16.8. The van der Waals surface area contributed by atoms with E-state index in [1.54, 1.807) is 30.3 Å². The molecule has 0 saturated carbocycles. The average Bonchev–Trinajstić information content (AvgIpc) is 3.15. The van der Waals surface area contributed by atoms with Crippen LogP contribution in [-0.4, -0.2) is 18.5 Å². The average molecular weight is 673 g/mol. The lowest BCUT2D eigenvalue weighted by molar-refractivity contribution is -0.129. The van der Waals surface area contributed by atoms with Crippen molar-refractivity contribution in [2.75, 3.05) is 6.61 Å². The van der Waals surface area contributed by atoms with Crippen LogP contribution in [0.2, 0.25) is 10.0 Å². The molecule has 174 valence electrons. The fourth-order valence-corrected chi connectivity index (χ4v) is 4.61. The molecule has 3 aromatic carbocycles. The Labute approximate surface area is 229 Å². The third-order valence-corrected chi connectivity index (χ3v) is 6.46. The molecule has 0 radical (unpaired) electrons. The molecule has 0 aromatic heterocycles. The van der Waals surface area contributed by atoms with E-state index in [0.29, 0.717) is 45.9 Å². The summed E-state index contributed by atoms with van der Waals surface area (Å²) in [6.07, 6.45) is 1.59. The smallest absolute Gasteiger partial charge is 0.363 e. The predicted molar refractivity (Wildman–Crippen MR) is 146 cm³/mol. The van der Waals surface area contributed by atoms with Crippen LogP contribution in [0.4, 0.5) is 0 Å². The highest BCUT2D eigenvalue weighted by molar-refractivity contribution is 14.1. The van der Waals surface area contributed by atoms with Crippen molar-refractivity contribution in [3.8, 4) is 11.5 Å². The largest absolute Gasteiger partial charge is 0.490 e. The molecule has 4 rings (SSSR count). The molecule has 0 amide bonds. The van der Waals surface area contributed by atoms with Crippen LogP contribution in [0.15, 0.2) is 69.8 Å². The molecule has 0 N–H and O–H groups in total. The molecule has 3 aromatic rings. The molecule has 5 nitrogen and oxygen atoms in total. The van der Waals surface area contributed by atoms with E-state index < -0.39 is 5.97 Å². The molecule has 1 aliphatic rings. The first-order chi connectivity index (χ1) is 16.3. The summed E-state index contributed by atoms with van der Waals surface area (Å²) in [5.41, 5.74) is 2.28. The van der Waals surface area contributed by atoms with Crippen LogP contribution in [0.5, 0.6) is 11.5 Å². The van der Waals surface area contributed by atoms with Gasteiger partial charge in [0.2, 0.25) is 5.90 Å². The number of aliphatic imine (C=N–C) groups is 1. The quantitative estimate of drug-likeness (QED) is 0.147. The normalized spacial score (nSPS) is 14.2. The highest BCUT2D eigenvalue weighted by Crippen LogP contribution is 2.38. The van der Waals surface area contributed by atoms with E-state index in [4.69, 9.17) is 37.4 Å².